The maximum absolute atomic E-state index is 4.28. The molecule has 56 valence electrons. The van der Waals surface area contributed by atoms with Crippen molar-refractivity contribution in [3.63, 3.8) is 0 Å². The van der Waals surface area contributed by atoms with E-state index >= 15 is 0 Å². The highest BCUT2D eigenvalue weighted by atomic mass is 14.7. The topological polar surface area (TPSA) is 12.9 Å². The van der Waals surface area contributed by atoms with Crippen LogP contribution >= 0.6 is 0 Å². The highest BCUT2D eigenvalue weighted by Crippen LogP contribution is 2.31. The summed E-state index contributed by atoms with van der Waals surface area (Å²) in [5.74, 6) is 0. The van der Waals surface area contributed by atoms with Gasteiger partial charge in [0.25, 0.3) is 0 Å². The van der Waals surface area contributed by atoms with Crippen LogP contribution in [0.15, 0.2) is 12.3 Å². The zero-order valence-corrected chi connectivity index (χ0v) is 6.89. The first-order valence-corrected chi connectivity index (χ1v) is 3.93. The number of hydrogen-bond acceptors (Lipinski definition) is 1. The molecule has 2 rings (SSSR count). The fourth-order valence-corrected chi connectivity index (χ4v) is 1.38. The van der Waals surface area contributed by atoms with Crippen molar-refractivity contribution in [3.8, 4) is 0 Å². The summed E-state index contributed by atoms with van der Waals surface area (Å²) in [6.45, 7) is 4.16. The Morgan fingerprint density at radius 1 is 1.55 bits per heavy atom. The van der Waals surface area contributed by atoms with E-state index in [1.807, 2.05) is 6.20 Å². The molecule has 1 aromatic rings. The molecular weight excluding hydrogens is 134 g/mol. The van der Waals surface area contributed by atoms with E-state index in [1.165, 1.54) is 22.4 Å². The molecule has 0 amide bonds. The molecule has 1 nitrogen and oxygen atoms in total. The summed E-state index contributed by atoms with van der Waals surface area (Å²) in [6.07, 6.45) is 7.32. The van der Waals surface area contributed by atoms with Gasteiger partial charge in [0.05, 0.1) is 0 Å². The molecule has 1 aliphatic rings. The zero-order valence-electron chi connectivity index (χ0n) is 6.89. The summed E-state index contributed by atoms with van der Waals surface area (Å²) in [5, 5.41) is 0. The summed E-state index contributed by atoms with van der Waals surface area (Å²) in [4.78, 5) is 4.28. The third kappa shape index (κ3) is 0.967. The predicted molar refractivity (Wildman–Crippen MR) is 46.5 cm³/mol. The average molecular weight is 145 g/mol. The van der Waals surface area contributed by atoms with Crippen LogP contribution in [-0.2, 0) is 6.42 Å². The van der Waals surface area contributed by atoms with Crippen LogP contribution in [0.3, 0.4) is 0 Å². The Hall–Kier alpha value is -1.11. The number of nitrogens with zero attached hydrogens (tertiary/aromatic N) is 1. The molecule has 1 aliphatic carbocycles. The SMILES string of the molecule is C/C=C\c1c(C)cnc2c1C2. The van der Waals surface area contributed by atoms with Crippen molar-refractivity contribution in [2.75, 3.05) is 0 Å². The van der Waals surface area contributed by atoms with Crippen LogP contribution in [0.2, 0.25) is 0 Å². The summed E-state index contributed by atoms with van der Waals surface area (Å²) < 4.78 is 0. The molecule has 11 heavy (non-hydrogen) atoms. The van der Waals surface area contributed by atoms with Crippen molar-refractivity contribution in [2.24, 2.45) is 0 Å². The Balaban J connectivity index is 2.55. The lowest BCUT2D eigenvalue weighted by molar-refractivity contribution is 1.26. The monoisotopic (exact) mass is 145 g/mol. The summed E-state index contributed by atoms with van der Waals surface area (Å²) in [7, 11) is 0. The van der Waals surface area contributed by atoms with E-state index in [0.29, 0.717) is 0 Å². The Bertz CT molecular complexity index is 320. The summed E-state index contributed by atoms with van der Waals surface area (Å²) in [5.41, 5.74) is 5.41. The van der Waals surface area contributed by atoms with Crippen molar-refractivity contribution in [1.82, 2.24) is 4.98 Å². The second kappa shape index (κ2) is 2.19. The second-order valence-corrected chi connectivity index (χ2v) is 2.96. The molecular formula is C10H11N. The molecule has 0 aliphatic heterocycles. The highest BCUT2D eigenvalue weighted by Gasteiger charge is 2.22. The van der Waals surface area contributed by atoms with Crippen LogP contribution in [0.5, 0.6) is 0 Å². The number of rotatable bonds is 1. The first-order chi connectivity index (χ1) is 5.33. The van der Waals surface area contributed by atoms with Crippen molar-refractivity contribution in [1.29, 1.82) is 0 Å². The third-order valence-corrected chi connectivity index (χ3v) is 2.06. The van der Waals surface area contributed by atoms with Crippen molar-refractivity contribution < 1.29 is 0 Å². The van der Waals surface area contributed by atoms with Gasteiger partial charge in [-0.3, -0.25) is 4.98 Å². The lowest BCUT2D eigenvalue weighted by atomic mass is 10.1. The van der Waals surface area contributed by atoms with Crippen LogP contribution < -0.4 is 0 Å². The average Bonchev–Trinajstić information content (AvgIpc) is 2.74. The molecule has 0 N–H and O–H groups in total. The second-order valence-electron chi connectivity index (χ2n) is 2.96. The lowest BCUT2D eigenvalue weighted by Gasteiger charge is -1.95. The van der Waals surface area contributed by atoms with Gasteiger partial charge < -0.3 is 0 Å². The number of fused-ring (bicyclic) bond motifs is 1. The molecule has 0 fully saturated rings. The number of aryl methyl sites for hydroxylation is 1. The fraction of sp³-hybridized carbons (Fsp3) is 0.300. The zero-order chi connectivity index (χ0) is 7.84. The minimum atomic E-state index is 1.10. The Labute approximate surface area is 66.8 Å². The molecule has 0 saturated carbocycles. The Kier molecular flexibility index (Phi) is 1.31. The molecule has 0 bridgehead atoms. The van der Waals surface area contributed by atoms with Gasteiger partial charge in [-0.25, -0.2) is 0 Å². The van der Waals surface area contributed by atoms with Gasteiger partial charge in [0.2, 0.25) is 0 Å². The van der Waals surface area contributed by atoms with E-state index < -0.39 is 0 Å². The van der Waals surface area contributed by atoms with E-state index in [2.05, 4.69) is 31.0 Å². The van der Waals surface area contributed by atoms with Gasteiger partial charge in [-0.05, 0) is 30.5 Å². The van der Waals surface area contributed by atoms with E-state index in [-0.39, 0.29) is 0 Å². The van der Waals surface area contributed by atoms with Crippen LogP contribution in [-0.4, -0.2) is 4.98 Å². The van der Waals surface area contributed by atoms with Gasteiger partial charge in [0.15, 0.2) is 0 Å². The molecule has 0 aromatic carbocycles. The quantitative estimate of drug-likeness (QED) is 0.600. The molecule has 0 radical (unpaired) electrons. The van der Waals surface area contributed by atoms with E-state index in [1.54, 1.807) is 0 Å². The molecule has 0 spiro atoms. The minimum Gasteiger partial charge on any atom is -0.260 e. The van der Waals surface area contributed by atoms with Crippen LogP contribution in [0, 0.1) is 6.92 Å². The van der Waals surface area contributed by atoms with E-state index in [4.69, 9.17) is 0 Å². The minimum absolute atomic E-state index is 1.10. The van der Waals surface area contributed by atoms with Gasteiger partial charge >= 0.3 is 0 Å². The van der Waals surface area contributed by atoms with Gasteiger partial charge in [0.1, 0.15) is 0 Å². The number of hydrogen-bond donors (Lipinski definition) is 0. The van der Waals surface area contributed by atoms with Gasteiger partial charge in [-0.15, -0.1) is 0 Å². The normalized spacial score (nSPS) is 13.6. The summed E-state index contributed by atoms with van der Waals surface area (Å²) in [6, 6.07) is 0. The first kappa shape index (κ1) is 6.59. The number of allylic oxidation sites excluding steroid dienone is 1. The highest BCUT2D eigenvalue weighted by molar-refractivity contribution is 5.64. The van der Waals surface area contributed by atoms with Gasteiger partial charge in [-0.1, -0.05) is 12.2 Å². The molecule has 0 saturated heterocycles. The Morgan fingerprint density at radius 2 is 2.36 bits per heavy atom. The fourth-order valence-electron chi connectivity index (χ4n) is 1.38. The van der Waals surface area contributed by atoms with Gasteiger partial charge in [0, 0.05) is 18.3 Å². The van der Waals surface area contributed by atoms with Crippen molar-refractivity contribution in [3.05, 3.63) is 34.7 Å². The van der Waals surface area contributed by atoms with Gasteiger partial charge in [-0.2, -0.15) is 0 Å². The molecule has 1 heteroatoms. The first-order valence-electron chi connectivity index (χ1n) is 3.93. The molecule has 1 heterocycles. The number of pyridine rings is 1. The Morgan fingerprint density at radius 3 is 3.09 bits per heavy atom. The van der Waals surface area contributed by atoms with E-state index in [0.717, 1.165) is 6.42 Å². The maximum Gasteiger partial charge on any atom is 0.0490 e. The smallest absolute Gasteiger partial charge is 0.0490 e. The maximum atomic E-state index is 4.28. The number of aromatic nitrogens is 1. The lowest BCUT2D eigenvalue weighted by Crippen LogP contribution is -1.80. The van der Waals surface area contributed by atoms with Crippen LogP contribution in [0.1, 0.15) is 29.3 Å². The molecule has 0 atom stereocenters. The summed E-state index contributed by atoms with van der Waals surface area (Å²) >= 11 is 0. The van der Waals surface area contributed by atoms with Crippen LogP contribution in [0.25, 0.3) is 6.08 Å². The molecule has 1 aromatic heterocycles. The van der Waals surface area contributed by atoms with E-state index in [9.17, 15) is 0 Å². The third-order valence-electron chi connectivity index (χ3n) is 2.06. The van der Waals surface area contributed by atoms with Crippen molar-refractivity contribution >= 4 is 6.08 Å². The van der Waals surface area contributed by atoms with Crippen molar-refractivity contribution in [2.45, 2.75) is 20.3 Å². The largest absolute Gasteiger partial charge is 0.260 e. The predicted octanol–water partition coefficient (Wildman–Crippen LogP) is 2.33. The standard InChI is InChI=1S/C10H11N/c1-3-4-8-7(2)6-11-10-5-9(8)10/h3-4,6H,5H2,1-2H3/b4-3-. The molecule has 0 unspecified atom stereocenters. The van der Waals surface area contributed by atoms with Crippen LogP contribution in [0.4, 0.5) is 0 Å².